The van der Waals surface area contributed by atoms with Crippen LogP contribution in [0.4, 0.5) is 0 Å². The summed E-state index contributed by atoms with van der Waals surface area (Å²) in [7, 11) is 0. The fourth-order valence-electron chi connectivity index (χ4n) is 11.4. The van der Waals surface area contributed by atoms with E-state index in [-0.39, 0.29) is 0 Å². The van der Waals surface area contributed by atoms with E-state index >= 15 is 0 Å². The first-order valence-electron chi connectivity index (χ1n) is 17.4. The van der Waals surface area contributed by atoms with Crippen LogP contribution in [0.25, 0.3) is 0 Å². The number of hydrogen-bond donors (Lipinski definition) is 0. The molecule has 8 aliphatic carbocycles. The van der Waals surface area contributed by atoms with Gasteiger partial charge >= 0.3 is 0 Å². The third kappa shape index (κ3) is 8.01. The third-order valence-electron chi connectivity index (χ3n) is 12.5. The third-order valence-corrected chi connectivity index (χ3v) is 12.5. The zero-order chi connectivity index (χ0) is 25.1. The average molecular weight is 497 g/mol. The Morgan fingerprint density at radius 2 is 0.361 bits per heavy atom. The maximum absolute atomic E-state index is 2.42. The molecule has 8 bridgehead atoms. The van der Waals surface area contributed by atoms with Crippen molar-refractivity contribution in [1.29, 1.82) is 0 Å². The van der Waals surface area contributed by atoms with E-state index < -0.39 is 0 Å². The molecule has 0 amide bonds. The number of rotatable bonds is 0. The highest BCUT2D eigenvalue weighted by molar-refractivity contribution is 4.85. The molecule has 0 aliphatic heterocycles. The van der Waals surface area contributed by atoms with Crippen molar-refractivity contribution in [2.24, 2.45) is 71.0 Å². The van der Waals surface area contributed by atoms with Crippen LogP contribution in [0.5, 0.6) is 0 Å². The van der Waals surface area contributed by atoms with Crippen molar-refractivity contribution in [2.45, 2.75) is 156 Å². The first-order chi connectivity index (χ1) is 17.4. The Morgan fingerprint density at radius 3 is 0.500 bits per heavy atom. The fourth-order valence-corrected chi connectivity index (χ4v) is 11.4. The molecular weight excluding hydrogens is 432 g/mol. The molecule has 0 aromatic rings. The van der Waals surface area contributed by atoms with Gasteiger partial charge in [0.05, 0.1) is 0 Å². The molecule has 4 unspecified atom stereocenters. The Kier molecular flexibility index (Phi) is 9.88. The lowest BCUT2D eigenvalue weighted by Gasteiger charge is -2.23. The van der Waals surface area contributed by atoms with E-state index in [4.69, 9.17) is 0 Å². The minimum Gasteiger partial charge on any atom is -0.0625 e. The maximum atomic E-state index is 2.42. The van der Waals surface area contributed by atoms with Gasteiger partial charge in [0, 0.05) is 0 Å². The Balaban J connectivity index is 0.0000000988. The van der Waals surface area contributed by atoms with E-state index in [1.54, 1.807) is 77.0 Å². The van der Waals surface area contributed by atoms with E-state index in [0.717, 1.165) is 71.0 Å². The van der Waals surface area contributed by atoms with Crippen LogP contribution < -0.4 is 0 Å². The van der Waals surface area contributed by atoms with Gasteiger partial charge in [-0.25, -0.2) is 0 Å². The summed E-state index contributed by atoms with van der Waals surface area (Å²) in [4.78, 5) is 0. The summed E-state index contributed by atoms with van der Waals surface area (Å²) < 4.78 is 0. The lowest BCUT2D eigenvalue weighted by molar-refractivity contribution is 0.278. The van der Waals surface area contributed by atoms with E-state index in [1.165, 1.54) is 51.4 Å². The summed E-state index contributed by atoms with van der Waals surface area (Å²) in [6, 6.07) is 0. The maximum Gasteiger partial charge on any atom is -0.0409 e. The number of fused-ring (bicyclic) bond motifs is 8. The second-order valence-corrected chi connectivity index (χ2v) is 16.5. The summed E-state index contributed by atoms with van der Waals surface area (Å²) in [5, 5.41) is 0. The SMILES string of the molecule is CC1C[C@H]2CC[C@@H](C1)C2.CC1C[C@H]2CC[C@@H](C1)C2.CC1C[C@H]2CC[C@@H](C1)C2.CC1C[C@H]2CC[C@@H](C1)C2. The smallest absolute Gasteiger partial charge is 0.0409 e. The van der Waals surface area contributed by atoms with Gasteiger partial charge in [0.15, 0.2) is 0 Å². The molecule has 0 spiro atoms. The highest BCUT2D eigenvalue weighted by Crippen LogP contribution is 2.46. The molecule has 8 fully saturated rings. The van der Waals surface area contributed by atoms with Crippen molar-refractivity contribution in [3.63, 3.8) is 0 Å². The van der Waals surface area contributed by atoms with E-state index in [2.05, 4.69) is 27.7 Å². The quantitative estimate of drug-likeness (QED) is 0.313. The molecule has 36 heavy (non-hydrogen) atoms. The van der Waals surface area contributed by atoms with Crippen molar-refractivity contribution in [3.8, 4) is 0 Å². The fraction of sp³-hybridized carbons (Fsp3) is 1.00. The number of hydrogen-bond acceptors (Lipinski definition) is 0. The summed E-state index contributed by atoms with van der Waals surface area (Å²) in [6.07, 6.45) is 31.0. The van der Waals surface area contributed by atoms with Crippen LogP contribution in [-0.2, 0) is 0 Å². The summed E-state index contributed by atoms with van der Waals surface area (Å²) in [5.74, 6) is 13.3. The van der Waals surface area contributed by atoms with Crippen molar-refractivity contribution in [2.75, 3.05) is 0 Å². The van der Waals surface area contributed by atoms with Gasteiger partial charge in [-0.05, 0) is 148 Å². The summed E-state index contributed by atoms with van der Waals surface area (Å²) >= 11 is 0. The summed E-state index contributed by atoms with van der Waals surface area (Å²) in [6.45, 7) is 9.68. The molecular formula is C36H64. The van der Waals surface area contributed by atoms with Crippen molar-refractivity contribution in [3.05, 3.63) is 0 Å². The molecule has 0 nitrogen and oxygen atoms in total. The lowest BCUT2D eigenvalue weighted by atomic mass is 9.82. The topological polar surface area (TPSA) is 0 Å². The van der Waals surface area contributed by atoms with Gasteiger partial charge in [-0.1, -0.05) is 79.1 Å². The zero-order valence-corrected chi connectivity index (χ0v) is 25.1. The van der Waals surface area contributed by atoms with E-state index in [9.17, 15) is 0 Å². The van der Waals surface area contributed by atoms with Gasteiger partial charge in [-0.3, -0.25) is 0 Å². The minimum atomic E-state index is 1.05. The van der Waals surface area contributed by atoms with Crippen LogP contribution in [-0.4, -0.2) is 0 Å². The van der Waals surface area contributed by atoms with Crippen LogP contribution in [0.2, 0.25) is 0 Å². The summed E-state index contributed by atoms with van der Waals surface area (Å²) in [5.41, 5.74) is 0. The van der Waals surface area contributed by atoms with Gasteiger partial charge in [0.1, 0.15) is 0 Å². The van der Waals surface area contributed by atoms with Crippen LogP contribution in [0.15, 0.2) is 0 Å². The van der Waals surface area contributed by atoms with Crippen LogP contribution in [0, 0.1) is 71.0 Å². The van der Waals surface area contributed by atoms with Crippen LogP contribution in [0.3, 0.4) is 0 Å². The highest BCUT2D eigenvalue weighted by atomic mass is 14.4. The molecule has 8 saturated carbocycles. The highest BCUT2D eigenvalue weighted by Gasteiger charge is 2.34. The molecule has 8 rings (SSSR count). The Morgan fingerprint density at radius 1 is 0.222 bits per heavy atom. The molecule has 0 aromatic carbocycles. The van der Waals surface area contributed by atoms with Gasteiger partial charge in [0.25, 0.3) is 0 Å². The molecule has 0 heterocycles. The minimum absolute atomic E-state index is 1.05. The first kappa shape index (κ1) is 27.6. The van der Waals surface area contributed by atoms with Crippen LogP contribution >= 0.6 is 0 Å². The average Bonchev–Trinajstić information content (AvgIpc) is 3.56. The monoisotopic (exact) mass is 497 g/mol. The Labute approximate surface area is 226 Å². The Bertz CT molecular complexity index is 490. The van der Waals surface area contributed by atoms with Gasteiger partial charge < -0.3 is 0 Å². The normalized spacial score (nSPS) is 49.7. The molecule has 0 heteroatoms. The zero-order valence-electron chi connectivity index (χ0n) is 25.1. The molecule has 8 aliphatic rings. The van der Waals surface area contributed by atoms with Gasteiger partial charge in [-0.2, -0.15) is 0 Å². The van der Waals surface area contributed by atoms with Crippen LogP contribution in [0.1, 0.15) is 156 Å². The van der Waals surface area contributed by atoms with E-state index in [1.807, 2.05) is 0 Å². The molecule has 208 valence electrons. The predicted molar refractivity (Wildman–Crippen MR) is 157 cm³/mol. The molecule has 0 saturated heterocycles. The first-order valence-corrected chi connectivity index (χ1v) is 17.4. The molecule has 0 aromatic heterocycles. The molecule has 0 N–H and O–H groups in total. The lowest BCUT2D eigenvalue weighted by Crippen LogP contribution is -2.12. The molecule has 12 atom stereocenters. The predicted octanol–water partition coefficient (Wildman–Crippen LogP) is 11.3. The largest absolute Gasteiger partial charge is 0.0625 e. The second-order valence-electron chi connectivity index (χ2n) is 16.5. The van der Waals surface area contributed by atoms with E-state index in [0.29, 0.717) is 0 Å². The Hall–Kier alpha value is 0. The van der Waals surface area contributed by atoms with Gasteiger partial charge in [-0.15, -0.1) is 0 Å². The van der Waals surface area contributed by atoms with Gasteiger partial charge in [0.2, 0.25) is 0 Å². The second kappa shape index (κ2) is 12.9. The van der Waals surface area contributed by atoms with Crippen molar-refractivity contribution in [1.82, 2.24) is 0 Å². The standard InChI is InChI=1S/4C9H16/c4*1-7-4-8-2-3-9(5-7)6-8/h4*7-9H,2-6H2,1H3/t4*7?,8-,9+. The van der Waals surface area contributed by atoms with Crippen molar-refractivity contribution >= 4 is 0 Å². The van der Waals surface area contributed by atoms with Crippen molar-refractivity contribution < 1.29 is 0 Å². The molecule has 0 radical (unpaired) electrons.